The zero-order valence-corrected chi connectivity index (χ0v) is 13.7. The molecule has 5 fully saturated rings. The van der Waals surface area contributed by atoms with Crippen LogP contribution in [0.5, 0.6) is 0 Å². The van der Waals surface area contributed by atoms with E-state index in [9.17, 15) is 14.7 Å². The third kappa shape index (κ3) is 3.28. The number of fused-ring (bicyclic) bond motifs is 1. The molecule has 0 radical (unpaired) electrons. The van der Waals surface area contributed by atoms with Crippen molar-refractivity contribution in [2.24, 2.45) is 23.7 Å². The van der Waals surface area contributed by atoms with Crippen molar-refractivity contribution in [3.8, 4) is 0 Å². The van der Waals surface area contributed by atoms with Gasteiger partial charge in [0.1, 0.15) is 12.7 Å². The Kier molecular flexibility index (Phi) is 3.78. The number of carboxylic acids is 1. The van der Waals surface area contributed by atoms with Gasteiger partial charge in [0, 0.05) is 11.8 Å². The van der Waals surface area contributed by atoms with Gasteiger partial charge in [0.05, 0.1) is 56.1 Å². The molecule has 9 unspecified atom stereocenters. The molecule has 0 bridgehead atoms. The minimum absolute atomic E-state index is 0.0402. The van der Waals surface area contributed by atoms with Crippen LogP contribution in [0.2, 0.25) is 0 Å². The molecule has 0 aromatic heterocycles. The summed E-state index contributed by atoms with van der Waals surface area (Å²) in [5.41, 5.74) is 0. The first-order valence-electron chi connectivity index (χ1n) is 9.01. The Morgan fingerprint density at radius 1 is 0.880 bits per heavy atom. The maximum absolute atomic E-state index is 12.8. The van der Waals surface area contributed by atoms with Gasteiger partial charge in [-0.1, -0.05) is 0 Å². The minimum atomic E-state index is -0.953. The zero-order valence-electron chi connectivity index (χ0n) is 13.7. The highest BCUT2D eigenvalue weighted by atomic mass is 16.6. The molecule has 25 heavy (non-hydrogen) atoms. The van der Waals surface area contributed by atoms with Gasteiger partial charge in [0.15, 0.2) is 0 Å². The average molecular weight is 354 g/mol. The molecule has 4 heterocycles. The van der Waals surface area contributed by atoms with Crippen LogP contribution in [0.25, 0.3) is 0 Å². The highest BCUT2D eigenvalue weighted by molar-refractivity contribution is 5.82. The van der Waals surface area contributed by atoms with Gasteiger partial charge < -0.3 is 28.8 Å². The van der Waals surface area contributed by atoms with Crippen molar-refractivity contribution >= 4 is 11.9 Å². The van der Waals surface area contributed by atoms with Crippen LogP contribution in [-0.2, 0) is 33.3 Å². The van der Waals surface area contributed by atoms with Gasteiger partial charge in [0.25, 0.3) is 0 Å². The lowest BCUT2D eigenvalue weighted by Crippen LogP contribution is -2.49. The third-order valence-electron chi connectivity index (χ3n) is 5.96. The van der Waals surface area contributed by atoms with Crippen LogP contribution in [0.1, 0.15) is 12.8 Å². The lowest BCUT2D eigenvalue weighted by atomic mass is 9.64. The predicted octanol–water partition coefficient (Wildman–Crippen LogP) is -0.163. The molecular weight excluding hydrogens is 332 g/mol. The SMILES string of the molecule is O=C(O)C1C(CC2CO2)C2OC2C(CC2CO2)C1C(=O)OCC1CO1. The van der Waals surface area contributed by atoms with E-state index in [2.05, 4.69) is 0 Å². The molecular formula is C17H22O8. The normalized spacial score (nSPS) is 49.0. The minimum Gasteiger partial charge on any atom is -0.481 e. The standard InChI is InChI=1S/C17H22O8/c18-16(19)12-10(1-7-3-21-7)14-15(25-14)11(2-8-4-22-8)13(12)17(20)24-6-9-5-23-9/h7-15H,1-6H2,(H,18,19). The number of epoxide rings is 4. The van der Waals surface area contributed by atoms with E-state index in [0.717, 1.165) is 0 Å². The fourth-order valence-electron chi connectivity index (χ4n) is 4.44. The summed E-state index contributed by atoms with van der Waals surface area (Å²) in [7, 11) is 0. The van der Waals surface area contributed by atoms with Gasteiger partial charge in [-0.05, 0) is 12.8 Å². The summed E-state index contributed by atoms with van der Waals surface area (Å²) in [5.74, 6) is -3.27. The summed E-state index contributed by atoms with van der Waals surface area (Å²) in [4.78, 5) is 24.9. The second-order valence-electron chi connectivity index (χ2n) is 7.75. The van der Waals surface area contributed by atoms with Gasteiger partial charge in [-0.15, -0.1) is 0 Å². The second kappa shape index (κ2) is 5.90. The molecule has 0 amide bonds. The first-order chi connectivity index (χ1) is 12.1. The number of carboxylic acid groups (broad SMARTS) is 1. The highest BCUT2D eigenvalue weighted by Gasteiger charge is 2.65. The fourth-order valence-corrected chi connectivity index (χ4v) is 4.44. The van der Waals surface area contributed by atoms with E-state index in [1.807, 2.05) is 0 Å². The van der Waals surface area contributed by atoms with Crippen LogP contribution >= 0.6 is 0 Å². The molecule has 1 saturated carbocycles. The van der Waals surface area contributed by atoms with E-state index in [1.54, 1.807) is 0 Å². The fraction of sp³-hybridized carbons (Fsp3) is 0.882. The number of ether oxygens (including phenoxy) is 5. The maximum Gasteiger partial charge on any atom is 0.310 e. The lowest BCUT2D eigenvalue weighted by molar-refractivity contribution is -0.165. The zero-order chi connectivity index (χ0) is 17.1. The van der Waals surface area contributed by atoms with Crippen molar-refractivity contribution in [1.82, 2.24) is 0 Å². The van der Waals surface area contributed by atoms with Gasteiger partial charge in [-0.2, -0.15) is 0 Å². The Hall–Kier alpha value is -1.22. The van der Waals surface area contributed by atoms with Gasteiger partial charge in [0.2, 0.25) is 0 Å². The molecule has 8 heteroatoms. The Bertz CT molecular complexity index is 567. The van der Waals surface area contributed by atoms with E-state index >= 15 is 0 Å². The number of hydrogen-bond acceptors (Lipinski definition) is 7. The van der Waals surface area contributed by atoms with E-state index < -0.39 is 23.8 Å². The lowest BCUT2D eigenvalue weighted by Gasteiger charge is -2.36. The summed E-state index contributed by atoms with van der Waals surface area (Å²) in [6.45, 7) is 2.12. The van der Waals surface area contributed by atoms with Crippen LogP contribution in [0.3, 0.4) is 0 Å². The van der Waals surface area contributed by atoms with Gasteiger partial charge in [-0.3, -0.25) is 9.59 Å². The average Bonchev–Trinajstić information content (AvgIpc) is 3.44. The Morgan fingerprint density at radius 3 is 1.88 bits per heavy atom. The van der Waals surface area contributed by atoms with E-state index in [4.69, 9.17) is 23.7 Å². The predicted molar refractivity (Wildman–Crippen MR) is 79.7 cm³/mol. The van der Waals surface area contributed by atoms with Crippen molar-refractivity contribution in [1.29, 1.82) is 0 Å². The van der Waals surface area contributed by atoms with Crippen LogP contribution < -0.4 is 0 Å². The van der Waals surface area contributed by atoms with Crippen LogP contribution in [0.4, 0.5) is 0 Å². The first kappa shape index (κ1) is 16.0. The van der Waals surface area contributed by atoms with Crippen LogP contribution in [0, 0.1) is 23.7 Å². The van der Waals surface area contributed by atoms with E-state index in [1.165, 1.54) is 0 Å². The molecule has 5 rings (SSSR count). The number of esters is 1. The van der Waals surface area contributed by atoms with Crippen molar-refractivity contribution in [3.05, 3.63) is 0 Å². The van der Waals surface area contributed by atoms with Crippen molar-refractivity contribution in [2.75, 3.05) is 26.4 Å². The largest absolute Gasteiger partial charge is 0.481 e. The molecule has 1 aliphatic carbocycles. The smallest absolute Gasteiger partial charge is 0.310 e. The molecule has 0 aromatic rings. The summed E-state index contributed by atoms with van der Waals surface area (Å²) >= 11 is 0. The number of rotatable bonds is 8. The molecule has 5 aliphatic rings. The topological polar surface area (TPSA) is 114 Å². The van der Waals surface area contributed by atoms with Gasteiger partial charge >= 0.3 is 11.9 Å². The molecule has 8 nitrogen and oxygen atoms in total. The number of carbonyl (C=O) groups excluding carboxylic acids is 1. The first-order valence-corrected chi connectivity index (χ1v) is 9.01. The number of aliphatic carboxylic acids is 1. The highest BCUT2D eigenvalue weighted by Crippen LogP contribution is 2.54. The quantitative estimate of drug-likeness (QED) is 0.472. The van der Waals surface area contributed by atoms with Crippen molar-refractivity contribution < 1.29 is 38.4 Å². The molecule has 1 N–H and O–H groups in total. The van der Waals surface area contributed by atoms with Gasteiger partial charge in [-0.25, -0.2) is 0 Å². The maximum atomic E-state index is 12.8. The second-order valence-corrected chi connectivity index (χ2v) is 7.75. The third-order valence-corrected chi connectivity index (χ3v) is 5.96. The molecule has 0 spiro atoms. The Balaban J connectivity index is 1.38. The molecule has 9 atom stereocenters. The molecule has 138 valence electrons. The van der Waals surface area contributed by atoms with E-state index in [0.29, 0.717) is 32.7 Å². The van der Waals surface area contributed by atoms with Crippen molar-refractivity contribution in [2.45, 2.75) is 43.4 Å². The monoisotopic (exact) mass is 354 g/mol. The summed E-state index contributed by atoms with van der Waals surface area (Å²) in [6.07, 6.45) is 1.27. The molecule has 0 aromatic carbocycles. The van der Waals surface area contributed by atoms with Crippen molar-refractivity contribution in [3.63, 3.8) is 0 Å². The summed E-state index contributed by atoms with van der Waals surface area (Å²) in [5, 5.41) is 9.89. The van der Waals surface area contributed by atoms with E-state index in [-0.39, 0.29) is 49.0 Å². The van der Waals surface area contributed by atoms with Crippen LogP contribution in [0.15, 0.2) is 0 Å². The summed E-state index contributed by atoms with van der Waals surface area (Å²) < 4.78 is 26.9. The Morgan fingerprint density at radius 2 is 1.40 bits per heavy atom. The molecule has 4 saturated heterocycles. The molecule has 4 aliphatic heterocycles. The Labute approximate surface area is 144 Å². The number of hydrogen-bond donors (Lipinski definition) is 1. The summed E-state index contributed by atoms with van der Waals surface area (Å²) in [6, 6.07) is 0. The number of carbonyl (C=O) groups is 2. The van der Waals surface area contributed by atoms with Crippen LogP contribution in [-0.4, -0.2) is 74.0 Å².